The van der Waals surface area contributed by atoms with Crippen LogP contribution in [-0.2, 0) is 0 Å². The topological polar surface area (TPSA) is 66.4 Å². The van der Waals surface area contributed by atoms with Crippen molar-refractivity contribution in [1.82, 2.24) is 25.2 Å². The second kappa shape index (κ2) is 10.0. The van der Waals surface area contributed by atoms with Crippen molar-refractivity contribution in [3.63, 3.8) is 0 Å². The highest BCUT2D eigenvalue weighted by atomic mass is 35.5. The number of nitrogens with zero attached hydrogens (tertiary/aromatic N) is 5. The number of rotatable bonds is 7. The van der Waals surface area contributed by atoms with Gasteiger partial charge in [0.25, 0.3) is 0 Å². The van der Waals surface area contributed by atoms with Gasteiger partial charge in [-0.2, -0.15) is 9.97 Å². The maximum absolute atomic E-state index is 16.4. The van der Waals surface area contributed by atoms with E-state index >= 15 is 4.39 Å². The number of anilines is 1. The number of ether oxygens (including phenoxy) is 1. The number of hydrogen-bond donors (Lipinski definition) is 1. The molecule has 0 amide bonds. The molecule has 3 saturated heterocycles. The molecular formula is C30H31ClF2N6O. The van der Waals surface area contributed by atoms with Crippen molar-refractivity contribution in [2.75, 3.05) is 51.3 Å². The lowest BCUT2D eigenvalue weighted by Crippen LogP contribution is -2.47. The summed E-state index contributed by atoms with van der Waals surface area (Å²) in [7, 11) is 1.95. The van der Waals surface area contributed by atoms with Crippen molar-refractivity contribution in [1.29, 1.82) is 0 Å². The minimum Gasteiger partial charge on any atom is -0.461 e. The fraction of sp³-hybridized carbons (Fsp3) is 0.433. The van der Waals surface area contributed by atoms with E-state index in [1.165, 1.54) is 0 Å². The predicted molar refractivity (Wildman–Crippen MR) is 153 cm³/mol. The maximum atomic E-state index is 16.4. The molecule has 2 aromatic heterocycles. The highest BCUT2D eigenvalue weighted by Crippen LogP contribution is 2.41. The second-order valence-electron chi connectivity index (χ2n) is 11.4. The number of benzene rings is 2. The van der Waals surface area contributed by atoms with E-state index < -0.39 is 12.0 Å². The van der Waals surface area contributed by atoms with Gasteiger partial charge < -0.3 is 15.0 Å². The van der Waals surface area contributed by atoms with Crippen LogP contribution in [0, 0.1) is 11.7 Å². The number of hydrogen-bond acceptors (Lipinski definition) is 7. The van der Waals surface area contributed by atoms with Crippen molar-refractivity contribution >= 4 is 39.1 Å². The molecule has 0 radical (unpaired) electrons. The Balaban J connectivity index is 1.32. The smallest absolute Gasteiger partial charge is 0.319 e. The van der Waals surface area contributed by atoms with Crippen molar-refractivity contribution in [3.05, 3.63) is 53.4 Å². The molecule has 10 heteroatoms. The normalized spacial score (nSPS) is 23.1. The van der Waals surface area contributed by atoms with Gasteiger partial charge >= 0.3 is 6.01 Å². The lowest BCUT2D eigenvalue weighted by Gasteiger charge is -2.32. The van der Waals surface area contributed by atoms with E-state index in [0.717, 1.165) is 49.8 Å². The third-order valence-electron chi connectivity index (χ3n) is 8.74. The van der Waals surface area contributed by atoms with E-state index in [-0.39, 0.29) is 29.4 Å². The molecule has 3 fully saturated rings. The van der Waals surface area contributed by atoms with Crippen LogP contribution >= 0.6 is 11.6 Å². The van der Waals surface area contributed by atoms with Crippen molar-refractivity contribution in [2.45, 2.75) is 31.0 Å². The maximum Gasteiger partial charge on any atom is 0.319 e. The molecular weight excluding hydrogens is 534 g/mol. The first-order valence-electron chi connectivity index (χ1n) is 13.9. The fourth-order valence-corrected chi connectivity index (χ4v) is 6.94. The fourth-order valence-electron chi connectivity index (χ4n) is 6.66. The quantitative estimate of drug-likeness (QED) is 0.329. The molecule has 5 heterocycles. The third kappa shape index (κ3) is 4.35. The van der Waals surface area contributed by atoms with E-state index in [1.54, 1.807) is 12.3 Å². The van der Waals surface area contributed by atoms with Crippen molar-refractivity contribution in [2.24, 2.45) is 5.92 Å². The van der Waals surface area contributed by atoms with Gasteiger partial charge in [-0.25, -0.2) is 8.78 Å². The van der Waals surface area contributed by atoms with E-state index in [2.05, 4.69) is 20.2 Å². The van der Waals surface area contributed by atoms with Crippen LogP contribution in [0.5, 0.6) is 6.01 Å². The Morgan fingerprint density at radius 1 is 1.20 bits per heavy atom. The molecule has 7 nitrogen and oxygen atoms in total. The van der Waals surface area contributed by atoms with E-state index in [1.807, 2.05) is 42.3 Å². The molecule has 208 valence electrons. The summed E-state index contributed by atoms with van der Waals surface area (Å²) in [6.07, 6.45) is 3.09. The highest BCUT2D eigenvalue weighted by molar-refractivity contribution is 6.36. The third-order valence-corrected chi connectivity index (χ3v) is 9.06. The first-order chi connectivity index (χ1) is 19.4. The summed E-state index contributed by atoms with van der Waals surface area (Å²) in [5, 5.41) is 5.97. The first-order valence-corrected chi connectivity index (χ1v) is 14.3. The van der Waals surface area contributed by atoms with Crippen LogP contribution in [0.2, 0.25) is 5.02 Å². The Morgan fingerprint density at radius 3 is 2.83 bits per heavy atom. The number of alkyl halides is 1. The molecule has 2 atom stereocenters. The molecule has 0 bridgehead atoms. The summed E-state index contributed by atoms with van der Waals surface area (Å²) in [5.74, 6) is 0.485. The molecule has 2 aromatic carbocycles. The number of pyridine rings is 1. The molecule has 0 spiro atoms. The van der Waals surface area contributed by atoms with Crippen LogP contribution in [0.15, 0.2) is 42.6 Å². The molecule has 0 saturated carbocycles. The van der Waals surface area contributed by atoms with Gasteiger partial charge in [0, 0.05) is 67.7 Å². The molecule has 4 aromatic rings. The zero-order chi connectivity index (χ0) is 27.4. The largest absolute Gasteiger partial charge is 0.461 e. The molecule has 0 unspecified atom stereocenters. The average molecular weight is 565 g/mol. The van der Waals surface area contributed by atoms with Crippen LogP contribution < -0.4 is 15.0 Å². The monoisotopic (exact) mass is 564 g/mol. The number of nitrogens with one attached hydrogen (secondary N) is 1. The first kappa shape index (κ1) is 25.8. The number of aromatic nitrogens is 3. The summed E-state index contributed by atoms with van der Waals surface area (Å²) >= 11 is 6.56. The summed E-state index contributed by atoms with van der Waals surface area (Å²) in [6.45, 7) is 4.18. The molecule has 3 aliphatic heterocycles. The molecule has 40 heavy (non-hydrogen) atoms. The van der Waals surface area contributed by atoms with Gasteiger partial charge in [-0.05, 0) is 30.8 Å². The Hall–Kier alpha value is -3.14. The van der Waals surface area contributed by atoms with E-state index in [0.29, 0.717) is 40.7 Å². The van der Waals surface area contributed by atoms with Gasteiger partial charge in [0.05, 0.1) is 10.9 Å². The summed E-state index contributed by atoms with van der Waals surface area (Å²) in [6, 6.07) is 11.3. The van der Waals surface area contributed by atoms with Crippen LogP contribution in [0.1, 0.15) is 19.3 Å². The Morgan fingerprint density at radius 2 is 2.02 bits per heavy atom. The van der Waals surface area contributed by atoms with Gasteiger partial charge in [-0.3, -0.25) is 9.88 Å². The van der Waals surface area contributed by atoms with Gasteiger partial charge in [-0.15, -0.1) is 0 Å². The lowest BCUT2D eigenvalue weighted by molar-refractivity contribution is 0.107. The molecule has 0 aliphatic carbocycles. The Labute approximate surface area is 236 Å². The van der Waals surface area contributed by atoms with Crippen LogP contribution in [0.25, 0.3) is 32.9 Å². The summed E-state index contributed by atoms with van der Waals surface area (Å²) in [4.78, 5) is 18.1. The minimum absolute atomic E-state index is 0.0941. The van der Waals surface area contributed by atoms with E-state index in [9.17, 15) is 4.39 Å². The number of fused-ring (bicyclic) bond motifs is 3. The molecule has 7 rings (SSSR count). The van der Waals surface area contributed by atoms with Crippen LogP contribution in [-0.4, -0.2) is 77.9 Å². The second-order valence-corrected chi connectivity index (χ2v) is 11.8. The predicted octanol–water partition coefficient (Wildman–Crippen LogP) is 5.25. The van der Waals surface area contributed by atoms with Gasteiger partial charge in [0.1, 0.15) is 29.8 Å². The van der Waals surface area contributed by atoms with Gasteiger partial charge in [0.2, 0.25) is 0 Å². The average Bonchev–Trinajstić information content (AvgIpc) is 3.45. The Kier molecular flexibility index (Phi) is 6.48. The molecule has 3 aliphatic rings. The van der Waals surface area contributed by atoms with Crippen molar-refractivity contribution in [3.8, 4) is 17.3 Å². The lowest BCUT2D eigenvalue weighted by atomic mass is 9.95. The summed E-state index contributed by atoms with van der Waals surface area (Å²) in [5.41, 5.74) is 0.551. The SMILES string of the molecule is CN(CC1CNC1)c1nc(OC[C@@]23CCCN2C[C@H](F)C3)nc2c(F)c(-c3cccc4cccc(Cl)c34)ncc12. The van der Waals surface area contributed by atoms with Crippen molar-refractivity contribution < 1.29 is 13.5 Å². The zero-order valence-corrected chi connectivity index (χ0v) is 23.1. The molecule has 1 N–H and O–H groups in total. The van der Waals surface area contributed by atoms with Crippen LogP contribution in [0.4, 0.5) is 14.6 Å². The standard InChI is InChI=1S/C30H31ClF2N6O/c1-38(15-18-12-34-13-18)28-22-14-35-26(21-7-2-5-19-6-3-8-23(31)24(19)21)25(33)27(22)36-29(37-28)40-17-30-9-4-10-39(30)16-20(32)11-30/h2-3,5-8,14,18,20,34H,4,9-13,15-17H2,1H3/t20-,30+/m1/s1. The van der Waals surface area contributed by atoms with Gasteiger partial charge in [0.15, 0.2) is 5.82 Å². The van der Waals surface area contributed by atoms with E-state index in [4.69, 9.17) is 21.3 Å². The highest BCUT2D eigenvalue weighted by Gasteiger charge is 2.49. The summed E-state index contributed by atoms with van der Waals surface area (Å²) < 4.78 is 37.0. The van der Waals surface area contributed by atoms with Gasteiger partial charge in [-0.1, -0.05) is 41.9 Å². The Bertz CT molecular complexity index is 1590. The zero-order valence-electron chi connectivity index (χ0n) is 22.3. The van der Waals surface area contributed by atoms with Crippen LogP contribution in [0.3, 0.4) is 0 Å². The number of halogens is 3. The minimum atomic E-state index is -0.863.